The van der Waals surface area contributed by atoms with Crippen LogP contribution >= 0.6 is 0 Å². The van der Waals surface area contributed by atoms with E-state index in [2.05, 4.69) is 45.9 Å². The number of aromatic nitrogens is 4. The largest absolute Gasteiger partial charge is 0.390 e. The number of aromatic amines is 1. The SMILES string of the molecule is CCc1cc(-c2nccn2[C@@H](C)C23C[C@@H]4C[C@H](CC(O)(C4)C2)C3)n[nH]1. The summed E-state index contributed by atoms with van der Waals surface area (Å²) in [7, 11) is 0. The minimum Gasteiger partial charge on any atom is -0.390 e. The molecule has 0 saturated heterocycles. The van der Waals surface area contributed by atoms with Gasteiger partial charge < -0.3 is 9.67 Å². The van der Waals surface area contributed by atoms with Gasteiger partial charge in [0.1, 0.15) is 5.69 Å². The van der Waals surface area contributed by atoms with Crippen LogP contribution < -0.4 is 0 Å². The minimum absolute atomic E-state index is 0.207. The van der Waals surface area contributed by atoms with Crippen molar-refractivity contribution in [3.8, 4) is 11.5 Å². The molecule has 2 aromatic heterocycles. The van der Waals surface area contributed by atoms with E-state index in [4.69, 9.17) is 0 Å². The van der Waals surface area contributed by atoms with Crippen molar-refractivity contribution in [2.24, 2.45) is 17.3 Å². The molecular formula is C20H28N4O. The molecule has 0 radical (unpaired) electrons. The van der Waals surface area contributed by atoms with Crippen molar-refractivity contribution in [3.05, 3.63) is 24.2 Å². The van der Waals surface area contributed by atoms with Gasteiger partial charge in [-0.25, -0.2) is 4.98 Å². The molecule has 4 fully saturated rings. The molecule has 0 spiro atoms. The van der Waals surface area contributed by atoms with Gasteiger partial charge in [-0.15, -0.1) is 0 Å². The van der Waals surface area contributed by atoms with Crippen LogP contribution in [0.4, 0.5) is 0 Å². The third-order valence-corrected chi connectivity index (χ3v) is 7.29. The number of aryl methyl sites for hydroxylation is 1. The standard InChI is InChI=1S/C20H28N4O/c1-3-16-7-17(23-22-16)18-21-4-5-24(18)13(2)19-8-14-6-15(9-19)11-20(25,10-14)12-19/h4-5,7,13-15,25H,3,6,8-12H2,1-2H3,(H,22,23)/t13-,14-,15-,19?,20?/m0/s1. The van der Waals surface area contributed by atoms with Gasteiger partial charge in [0.25, 0.3) is 0 Å². The summed E-state index contributed by atoms with van der Waals surface area (Å²) in [5, 5.41) is 18.7. The van der Waals surface area contributed by atoms with Crippen LogP contribution in [0.3, 0.4) is 0 Å². The first-order chi connectivity index (χ1) is 12.0. The number of aliphatic hydroxyl groups is 1. The zero-order chi connectivity index (χ0) is 17.2. The molecule has 0 unspecified atom stereocenters. The zero-order valence-corrected chi connectivity index (χ0v) is 15.2. The molecule has 0 aromatic carbocycles. The lowest BCUT2D eigenvalue weighted by Gasteiger charge is -2.62. The highest BCUT2D eigenvalue weighted by molar-refractivity contribution is 5.50. The molecule has 2 N–H and O–H groups in total. The van der Waals surface area contributed by atoms with Gasteiger partial charge in [0.2, 0.25) is 0 Å². The van der Waals surface area contributed by atoms with Crippen molar-refractivity contribution in [1.29, 1.82) is 0 Å². The molecule has 3 atom stereocenters. The molecule has 0 amide bonds. The quantitative estimate of drug-likeness (QED) is 0.891. The van der Waals surface area contributed by atoms with Crippen molar-refractivity contribution in [1.82, 2.24) is 19.7 Å². The molecule has 2 heterocycles. The van der Waals surface area contributed by atoms with Gasteiger partial charge in [-0.2, -0.15) is 5.10 Å². The van der Waals surface area contributed by atoms with Gasteiger partial charge in [0, 0.05) is 24.1 Å². The zero-order valence-electron chi connectivity index (χ0n) is 15.2. The van der Waals surface area contributed by atoms with E-state index < -0.39 is 5.60 Å². The van der Waals surface area contributed by atoms with Crippen molar-refractivity contribution < 1.29 is 5.11 Å². The van der Waals surface area contributed by atoms with Gasteiger partial charge in [-0.3, -0.25) is 5.10 Å². The van der Waals surface area contributed by atoms with Crippen molar-refractivity contribution in [2.75, 3.05) is 0 Å². The van der Waals surface area contributed by atoms with Crippen molar-refractivity contribution >= 4 is 0 Å². The summed E-state index contributed by atoms with van der Waals surface area (Å²) >= 11 is 0. The molecule has 25 heavy (non-hydrogen) atoms. The predicted molar refractivity (Wildman–Crippen MR) is 96.0 cm³/mol. The average molecular weight is 340 g/mol. The first-order valence-corrected chi connectivity index (χ1v) is 9.80. The minimum atomic E-state index is -0.416. The summed E-state index contributed by atoms with van der Waals surface area (Å²) in [5.41, 5.74) is 1.86. The summed E-state index contributed by atoms with van der Waals surface area (Å²) in [5.74, 6) is 2.36. The fourth-order valence-corrected chi connectivity index (χ4v) is 6.55. The van der Waals surface area contributed by atoms with Crippen molar-refractivity contribution in [3.63, 3.8) is 0 Å². The molecular weight excluding hydrogens is 312 g/mol. The summed E-state index contributed by atoms with van der Waals surface area (Å²) in [6.45, 7) is 4.46. The Bertz CT molecular complexity index is 777. The Morgan fingerprint density at radius 3 is 2.72 bits per heavy atom. The van der Waals surface area contributed by atoms with Crippen molar-refractivity contribution in [2.45, 2.75) is 70.4 Å². The summed E-state index contributed by atoms with van der Waals surface area (Å²) in [4.78, 5) is 4.62. The van der Waals surface area contributed by atoms with Crippen LogP contribution in [0.25, 0.3) is 11.5 Å². The van der Waals surface area contributed by atoms with E-state index >= 15 is 0 Å². The number of hydrogen-bond acceptors (Lipinski definition) is 3. The highest BCUT2D eigenvalue weighted by atomic mass is 16.3. The van der Waals surface area contributed by atoms with Crippen LogP contribution in [0.5, 0.6) is 0 Å². The number of H-pyrrole nitrogens is 1. The maximum atomic E-state index is 11.1. The smallest absolute Gasteiger partial charge is 0.160 e. The summed E-state index contributed by atoms with van der Waals surface area (Å²) in [6.07, 6.45) is 11.8. The fourth-order valence-electron chi connectivity index (χ4n) is 6.55. The van der Waals surface area contributed by atoms with E-state index in [1.807, 2.05) is 6.20 Å². The van der Waals surface area contributed by atoms with E-state index in [1.54, 1.807) is 0 Å². The molecule has 5 heteroatoms. The second-order valence-electron chi connectivity index (χ2n) is 9.01. The Morgan fingerprint density at radius 1 is 1.32 bits per heavy atom. The first kappa shape index (κ1) is 15.6. The highest BCUT2D eigenvalue weighted by Crippen LogP contribution is 2.65. The third-order valence-electron chi connectivity index (χ3n) is 7.29. The molecule has 0 aliphatic heterocycles. The lowest BCUT2D eigenvalue weighted by molar-refractivity contribution is -0.176. The van der Waals surface area contributed by atoms with Crippen LogP contribution in [0, 0.1) is 17.3 Å². The summed E-state index contributed by atoms with van der Waals surface area (Å²) in [6, 6.07) is 2.45. The van der Waals surface area contributed by atoms with E-state index in [9.17, 15) is 5.11 Å². The molecule has 6 rings (SSSR count). The topological polar surface area (TPSA) is 66.7 Å². The molecule has 4 aliphatic rings. The molecule has 4 aliphatic carbocycles. The number of nitrogens with one attached hydrogen (secondary N) is 1. The Labute approximate surface area is 148 Å². The van der Waals surface area contributed by atoms with E-state index in [0.29, 0.717) is 17.9 Å². The lowest BCUT2D eigenvalue weighted by Crippen LogP contribution is -2.57. The third kappa shape index (κ3) is 2.31. The average Bonchev–Trinajstić information content (AvgIpc) is 3.20. The number of hydrogen-bond donors (Lipinski definition) is 2. The Balaban J connectivity index is 1.51. The maximum Gasteiger partial charge on any atom is 0.160 e. The monoisotopic (exact) mass is 340 g/mol. The molecule has 4 bridgehead atoms. The first-order valence-electron chi connectivity index (χ1n) is 9.80. The summed E-state index contributed by atoms with van der Waals surface area (Å²) < 4.78 is 2.31. The van der Waals surface area contributed by atoms with E-state index in [0.717, 1.165) is 42.9 Å². The van der Waals surface area contributed by atoms with Crippen LogP contribution in [0.2, 0.25) is 0 Å². The number of imidazole rings is 1. The Morgan fingerprint density at radius 2 is 2.08 bits per heavy atom. The van der Waals surface area contributed by atoms with E-state index in [1.165, 1.54) is 19.3 Å². The van der Waals surface area contributed by atoms with Gasteiger partial charge in [0.05, 0.1) is 5.60 Å². The van der Waals surface area contributed by atoms with E-state index in [-0.39, 0.29) is 5.41 Å². The second kappa shape index (κ2) is 5.19. The molecule has 134 valence electrons. The highest BCUT2D eigenvalue weighted by Gasteiger charge is 2.59. The fraction of sp³-hybridized carbons (Fsp3) is 0.700. The predicted octanol–water partition coefficient (Wildman–Crippen LogP) is 3.73. The van der Waals surface area contributed by atoms with Gasteiger partial charge in [-0.05, 0) is 75.2 Å². The second-order valence-corrected chi connectivity index (χ2v) is 9.01. The van der Waals surface area contributed by atoms with Crippen LogP contribution in [-0.4, -0.2) is 30.5 Å². The number of rotatable bonds is 4. The molecule has 4 saturated carbocycles. The Hall–Kier alpha value is -1.62. The molecule has 2 aromatic rings. The molecule has 5 nitrogen and oxygen atoms in total. The van der Waals surface area contributed by atoms with Gasteiger partial charge >= 0.3 is 0 Å². The number of nitrogens with zero attached hydrogens (tertiary/aromatic N) is 3. The van der Waals surface area contributed by atoms with Crippen LogP contribution in [0.15, 0.2) is 18.5 Å². The van der Waals surface area contributed by atoms with Crippen LogP contribution in [0.1, 0.15) is 64.1 Å². The normalized spacial score (nSPS) is 37.6. The lowest BCUT2D eigenvalue weighted by atomic mass is 9.46. The Kier molecular flexibility index (Phi) is 3.25. The van der Waals surface area contributed by atoms with Crippen LogP contribution in [-0.2, 0) is 6.42 Å². The maximum absolute atomic E-state index is 11.1. The van der Waals surface area contributed by atoms with Gasteiger partial charge in [-0.1, -0.05) is 6.92 Å². The van der Waals surface area contributed by atoms with Gasteiger partial charge in [0.15, 0.2) is 5.82 Å².